The zero-order valence-corrected chi connectivity index (χ0v) is 10.8. The van der Waals surface area contributed by atoms with Crippen LogP contribution in [0.2, 0.25) is 0 Å². The van der Waals surface area contributed by atoms with Gasteiger partial charge in [-0.3, -0.25) is 0 Å². The first-order valence-corrected chi connectivity index (χ1v) is 7.04. The van der Waals surface area contributed by atoms with E-state index in [1.165, 1.54) is 20.1 Å². The smallest absolute Gasteiger partial charge is 0.0346 e. The van der Waals surface area contributed by atoms with E-state index in [0.717, 1.165) is 13.1 Å². The predicted molar refractivity (Wildman–Crippen MR) is 72.4 cm³/mol. The van der Waals surface area contributed by atoms with Crippen LogP contribution in [-0.4, -0.2) is 11.0 Å². The second-order valence-electron chi connectivity index (χ2n) is 3.12. The normalized spacial score (nSPS) is 10.9. The van der Waals surface area contributed by atoms with Crippen molar-refractivity contribution in [2.45, 2.75) is 6.54 Å². The van der Waals surface area contributed by atoms with E-state index in [9.17, 15) is 0 Å². The second kappa shape index (κ2) is 5.09. The number of fused-ring (bicyclic) bond motifs is 1. The molecule has 0 spiro atoms. The SMILES string of the molecule is ICCNCc1csc2ccccc12. The molecule has 1 heterocycles. The van der Waals surface area contributed by atoms with E-state index in [4.69, 9.17) is 0 Å². The topological polar surface area (TPSA) is 12.0 Å². The number of nitrogens with one attached hydrogen (secondary N) is 1. The third kappa shape index (κ3) is 2.27. The fraction of sp³-hybridized carbons (Fsp3) is 0.273. The van der Waals surface area contributed by atoms with Gasteiger partial charge in [-0.2, -0.15) is 0 Å². The molecular formula is C11H12INS. The van der Waals surface area contributed by atoms with Crippen LogP contribution >= 0.6 is 33.9 Å². The fourth-order valence-electron chi connectivity index (χ4n) is 1.46. The first kappa shape index (κ1) is 10.4. The molecule has 0 saturated carbocycles. The van der Waals surface area contributed by atoms with Gasteiger partial charge in [0.1, 0.15) is 0 Å². The fourth-order valence-corrected chi connectivity index (χ4v) is 2.80. The van der Waals surface area contributed by atoms with E-state index in [2.05, 4.69) is 57.6 Å². The van der Waals surface area contributed by atoms with Crippen LogP contribution in [0.4, 0.5) is 0 Å². The highest BCUT2D eigenvalue weighted by molar-refractivity contribution is 14.1. The van der Waals surface area contributed by atoms with Crippen LogP contribution in [0.1, 0.15) is 5.56 Å². The molecule has 2 aromatic rings. The minimum absolute atomic E-state index is 0.993. The number of rotatable bonds is 4. The zero-order valence-electron chi connectivity index (χ0n) is 7.79. The van der Waals surface area contributed by atoms with E-state index >= 15 is 0 Å². The van der Waals surface area contributed by atoms with Gasteiger partial charge < -0.3 is 5.32 Å². The lowest BCUT2D eigenvalue weighted by atomic mass is 10.2. The number of halogens is 1. The van der Waals surface area contributed by atoms with Gasteiger partial charge in [-0.25, -0.2) is 0 Å². The van der Waals surface area contributed by atoms with Crippen LogP contribution < -0.4 is 5.32 Å². The molecule has 14 heavy (non-hydrogen) atoms. The van der Waals surface area contributed by atoms with Crippen molar-refractivity contribution < 1.29 is 0 Å². The molecule has 0 saturated heterocycles. The molecule has 0 aliphatic carbocycles. The molecule has 1 nitrogen and oxygen atoms in total. The van der Waals surface area contributed by atoms with Crippen molar-refractivity contribution in [3.05, 3.63) is 35.2 Å². The lowest BCUT2D eigenvalue weighted by Gasteiger charge is -2.00. The number of hydrogen-bond acceptors (Lipinski definition) is 2. The summed E-state index contributed by atoms with van der Waals surface area (Å²) in [5, 5.41) is 7.08. The van der Waals surface area contributed by atoms with Crippen molar-refractivity contribution in [2.75, 3.05) is 11.0 Å². The molecule has 3 heteroatoms. The van der Waals surface area contributed by atoms with Crippen LogP contribution in [0.5, 0.6) is 0 Å². The summed E-state index contributed by atoms with van der Waals surface area (Å²) in [6, 6.07) is 8.59. The Morgan fingerprint density at radius 1 is 1.29 bits per heavy atom. The molecule has 0 atom stereocenters. The highest BCUT2D eigenvalue weighted by atomic mass is 127. The Labute approximate surface area is 102 Å². The van der Waals surface area contributed by atoms with Gasteiger partial charge in [-0.15, -0.1) is 11.3 Å². The Morgan fingerprint density at radius 2 is 2.14 bits per heavy atom. The maximum atomic E-state index is 3.43. The Hall–Kier alpha value is -0.130. The number of benzene rings is 1. The van der Waals surface area contributed by atoms with Crippen molar-refractivity contribution in [1.29, 1.82) is 0 Å². The summed E-state index contributed by atoms with van der Waals surface area (Å²) < 4.78 is 2.55. The van der Waals surface area contributed by atoms with Crippen LogP contribution in [0.25, 0.3) is 10.1 Å². The molecule has 1 aromatic heterocycles. The molecule has 0 radical (unpaired) electrons. The van der Waals surface area contributed by atoms with Crippen molar-refractivity contribution in [1.82, 2.24) is 5.32 Å². The molecular weight excluding hydrogens is 305 g/mol. The Bertz CT molecular complexity index is 410. The van der Waals surface area contributed by atoms with E-state index in [1.54, 1.807) is 0 Å². The maximum Gasteiger partial charge on any atom is 0.0346 e. The number of thiophene rings is 1. The quantitative estimate of drug-likeness (QED) is 0.518. The van der Waals surface area contributed by atoms with Crippen molar-refractivity contribution in [2.24, 2.45) is 0 Å². The molecule has 74 valence electrons. The summed E-state index contributed by atoms with van der Waals surface area (Å²) >= 11 is 4.22. The average Bonchev–Trinajstić information content (AvgIpc) is 2.63. The molecule has 0 unspecified atom stereocenters. The minimum Gasteiger partial charge on any atom is -0.312 e. The standard InChI is InChI=1S/C11H12INS/c12-5-6-13-7-9-8-14-11-4-2-1-3-10(9)11/h1-4,8,13H,5-7H2. The van der Waals surface area contributed by atoms with E-state index in [1.807, 2.05) is 11.3 Å². The Kier molecular flexibility index (Phi) is 3.78. The highest BCUT2D eigenvalue weighted by Gasteiger charge is 2.01. The van der Waals surface area contributed by atoms with Gasteiger partial charge in [0.05, 0.1) is 0 Å². The molecule has 0 bridgehead atoms. The largest absolute Gasteiger partial charge is 0.312 e. The van der Waals surface area contributed by atoms with Crippen LogP contribution in [0.3, 0.4) is 0 Å². The third-order valence-corrected chi connectivity index (χ3v) is 3.70. The Balaban J connectivity index is 2.17. The van der Waals surface area contributed by atoms with E-state index in [-0.39, 0.29) is 0 Å². The molecule has 1 aromatic carbocycles. The summed E-state index contributed by atoms with van der Waals surface area (Å²) in [6.45, 7) is 2.08. The van der Waals surface area contributed by atoms with E-state index in [0.29, 0.717) is 0 Å². The Morgan fingerprint density at radius 3 is 3.00 bits per heavy atom. The van der Waals surface area contributed by atoms with Gasteiger partial charge in [0, 0.05) is 22.2 Å². The average molecular weight is 317 g/mol. The summed E-state index contributed by atoms with van der Waals surface area (Å²) in [7, 11) is 0. The van der Waals surface area contributed by atoms with Crippen molar-refractivity contribution in [3.63, 3.8) is 0 Å². The first-order valence-electron chi connectivity index (χ1n) is 4.63. The summed E-state index contributed by atoms with van der Waals surface area (Å²) in [5.41, 5.74) is 1.43. The lowest BCUT2D eigenvalue weighted by molar-refractivity contribution is 0.742. The van der Waals surface area contributed by atoms with Crippen LogP contribution in [0.15, 0.2) is 29.6 Å². The molecule has 1 N–H and O–H groups in total. The number of alkyl halides is 1. The third-order valence-electron chi connectivity index (χ3n) is 2.15. The molecule has 2 rings (SSSR count). The highest BCUT2D eigenvalue weighted by Crippen LogP contribution is 2.25. The molecule has 0 aliphatic heterocycles. The maximum absolute atomic E-state index is 3.43. The zero-order chi connectivity index (χ0) is 9.80. The van der Waals surface area contributed by atoms with Gasteiger partial charge in [0.15, 0.2) is 0 Å². The van der Waals surface area contributed by atoms with Gasteiger partial charge >= 0.3 is 0 Å². The molecule has 0 amide bonds. The van der Waals surface area contributed by atoms with Gasteiger partial charge in [0.2, 0.25) is 0 Å². The molecule has 0 fully saturated rings. The first-order chi connectivity index (χ1) is 6.92. The molecule has 0 aliphatic rings. The van der Waals surface area contributed by atoms with Crippen LogP contribution in [-0.2, 0) is 6.54 Å². The van der Waals surface area contributed by atoms with Crippen molar-refractivity contribution in [3.8, 4) is 0 Å². The monoisotopic (exact) mass is 317 g/mol. The lowest BCUT2D eigenvalue weighted by Crippen LogP contribution is -2.14. The van der Waals surface area contributed by atoms with E-state index < -0.39 is 0 Å². The summed E-state index contributed by atoms with van der Waals surface area (Å²) in [4.78, 5) is 0. The van der Waals surface area contributed by atoms with Crippen molar-refractivity contribution >= 4 is 44.0 Å². The predicted octanol–water partition coefficient (Wildman–Crippen LogP) is 3.43. The number of hydrogen-bond donors (Lipinski definition) is 1. The van der Waals surface area contributed by atoms with Gasteiger partial charge in [0.25, 0.3) is 0 Å². The van der Waals surface area contributed by atoms with Gasteiger partial charge in [-0.05, 0) is 22.4 Å². The second-order valence-corrected chi connectivity index (χ2v) is 5.11. The van der Waals surface area contributed by atoms with Crippen LogP contribution in [0, 0.1) is 0 Å². The summed E-state index contributed by atoms with van der Waals surface area (Å²) in [6.07, 6.45) is 0. The van der Waals surface area contributed by atoms with Gasteiger partial charge in [-0.1, -0.05) is 40.8 Å². The summed E-state index contributed by atoms with van der Waals surface area (Å²) in [5.74, 6) is 0. The minimum atomic E-state index is 0.993.